The van der Waals surface area contributed by atoms with Gasteiger partial charge in [0.1, 0.15) is 0 Å². The maximum atomic E-state index is 10.9. The van der Waals surface area contributed by atoms with E-state index in [0.717, 1.165) is 5.69 Å². The zero-order chi connectivity index (χ0) is 8.10. The normalized spacial score (nSPS) is 8.42. The van der Waals surface area contributed by atoms with E-state index in [1.165, 1.54) is 0 Å². The van der Waals surface area contributed by atoms with Gasteiger partial charge < -0.3 is 6.74 Å². The number of benzene rings is 1. The van der Waals surface area contributed by atoms with Crippen LogP contribution in [0.5, 0.6) is 0 Å². The van der Waals surface area contributed by atoms with Crippen molar-refractivity contribution in [3.05, 3.63) is 30.3 Å². The number of hydrogen-bond donors (Lipinski definition) is 1. The largest absolute Gasteiger partial charge is 1.00 e. The molecular weight excluding hydrogens is 276 g/mol. The van der Waals surface area contributed by atoms with Crippen molar-refractivity contribution in [2.75, 3.05) is 9.74 Å². The van der Waals surface area contributed by atoms with Crippen LogP contribution in [0.25, 0.3) is 0 Å². The van der Waals surface area contributed by atoms with Crippen molar-refractivity contribution in [2.24, 2.45) is 0 Å². The molecule has 0 aliphatic heterocycles. The maximum absolute atomic E-state index is 10.9. The Hall–Kier alpha value is 0.420. The number of alkyl halides is 1. The summed E-state index contributed by atoms with van der Waals surface area (Å²) in [4.78, 5) is 10.9. The Bertz CT molecular complexity index is 245. The van der Waals surface area contributed by atoms with Crippen LogP contribution in [0.1, 0.15) is 1.43 Å². The number of anilines is 1. The Kier molecular flexibility index (Phi) is 7.13. The molecule has 1 aromatic carbocycles. The molecule has 12 heavy (non-hydrogen) atoms. The van der Waals surface area contributed by atoms with Gasteiger partial charge in [-0.15, -0.1) is 0 Å². The fourth-order valence-corrected chi connectivity index (χ4v) is 0.907. The van der Waals surface area contributed by atoms with Crippen molar-refractivity contribution in [3.63, 3.8) is 0 Å². The predicted molar refractivity (Wildman–Crippen MR) is 55.1 cm³/mol. The quantitative estimate of drug-likeness (QED) is 0.429. The molecule has 4 heteroatoms. The molecule has 1 N–H and O–H groups in total. The fraction of sp³-hybridized carbons (Fsp3) is 0.125. The van der Waals surface area contributed by atoms with Gasteiger partial charge in [-0.3, -0.25) is 4.79 Å². The van der Waals surface area contributed by atoms with Crippen molar-refractivity contribution in [1.82, 2.24) is 0 Å². The number of halogens is 1. The average Bonchev–Trinajstić information content (AvgIpc) is 2.06. The molecule has 1 aromatic rings. The summed E-state index contributed by atoms with van der Waals surface area (Å²) in [5.41, 5.74) is 0.856. The predicted octanol–water partition coefficient (Wildman–Crippen LogP) is -0.823. The minimum atomic E-state index is 0. The number of carbonyl (C=O) groups excluding carboxylic acids is 1. The van der Waals surface area contributed by atoms with E-state index in [1.54, 1.807) is 0 Å². The van der Waals surface area contributed by atoms with Gasteiger partial charge in [0.15, 0.2) is 0 Å². The molecule has 0 unspecified atom stereocenters. The van der Waals surface area contributed by atoms with Crippen LogP contribution < -0.4 is 34.9 Å². The van der Waals surface area contributed by atoms with Gasteiger partial charge in [-0.25, -0.2) is 0 Å². The van der Waals surface area contributed by atoms with Gasteiger partial charge in [-0.2, -0.15) is 0 Å². The number of carbonyl (C=O) groups is 1. The first-order chi connectivity index (χ1) is 5.33. The molecule has 2 nitrogen and oxygen atoms in total. The monoisotopic (exact) mass is 285 g/mol. The Morgan fingerprint density at radius 3 is 2.50 bits per heavy atom. The van der Waals surface area contributed by atoms with Crippen LogP contribution in [0, 0.1) is 0 Å². The van der Waals surface area contributed by atoms with Gasteiger partial charge in [0.2, 0.25) is 5.91 Å². The first kappa shape index (κ1) is 12.4. The molecule has 0 saturated heterocycles. The number of nitrogens with one attached hydrogen (secondary N) is 1. The Morgan fingerprint density at radius 1 is 1.42 bits per heavy atom. The van der Waals surface area contributed by atoms with E-state index in [1.807, 2.05) is 52.9 Å². The third-order valence-corrected chi connectivity index (χ3v) is 1.87. The standard InChI is InChI=1S/C8H8INO.Na.H/c9-6-8(11)10-7-4-2-1-3-5-7;;/h1-5H,6H2,(H,10,11);;/q;+1;-1. The molecule has 0 bridgehead atoms. The van der Waals surface area contributed by atoms with Crippen LogP contribution in [0.3, 0.4) is 0 Å². The van der Waals surface area contributed by atoms with Crippen LogP contribution in [0.2, 0.25) is 0 Å². The van der Waals surface area contributed by atoms with E-state index >= 15 is 0 Å². The first-order valence-corrected chi connectivity index (χ1v) is 4.76. The van der Waals surface area contributed by atoms with Gasteiger partial charge in [0, 0.05) is 5.69 Å². The van der Waals surface area contributed by atoms with Gasteiger partial charge in [0.25, 0.3) is 0 Å². The molecule has 0 spiro atoms. The van der Waals surface area contributed by atoms with Crippen LogP contribution in [0.15, 0.2) is 30.3 Å². The molecule has 0 radical (unpaired) electrons. The summed E-state index contributed by atoms with van der Waals surface area (Å²) >= 11 is 2.03. The second kappa shape index (κ2) is 6.88. The maximum Gasteiger partial charge on any atom is 1.00 e. The number of hydrogen-bond acceptors (Lipinski definition) is 1. The summed E-state index contributed by atoms with van der Waals surface area (Å²) in [7, 11) is 0. The zero-order valence-electron chi connectivity index (χ0n) is 7.88. The van der Waals surface area contributed by atoms with E-state index in [2.05, 4.69) is 5.32 Å². The number of rotatable bonds is 2. The van der Waals surface area contributed by atoms with Gasteiger partial charge in [-0.1, -0.05) is 40.8 Å². The first-order valence-electron chi connectivity index (χ1n) is 3.24. The molecule has 0 saturated carbocycles. The van der Waals surface area contributed by atoms with Crippen LogP contribution in [-0.2, 0) is 4.79 Å². The van der Waals surface area contributed by atoms with E-state index in [0.29, 0.717) is 4.43 Å². The van der Waals surface area contributed by atoms with Crippen molar-refractivity contribution in [1.29, 1.82) is 0 Å². The molecule has 0 aromatic heterocycles. The Morgan fingerprint density at radius 2 is 2.00 bits per heavy atom. The summed E-state index contributed by atoms with van der Waals surface area (Å²) in [6.45, 7) is 0. The molecule has 1 amide bonds. The summed E-state index contributed by atoms with van der Waals surface area (Å²) in [5.74, 6) is 0.0387. The van der Waals surface area contributed by atoms with E-state index in [9.17, 15) is 4.79 Å². The van der Waals surface area contributed by atoms with Crippen LogP contribution >= 0.6 is 22.6 Å². The third kappa shape index (κ3) is 4.45. The molecule has 0 fully saturated rings. The second-order valence-corrected chi connectivity index (χ2v) is 2.81. The third-order valence-electron chi connectivity index (χ3n) is 1.18. The van der Waals surface area contributed by atoms with Crippen molar-refractivity contribution >= 4 is 34.2 Å². The van der Waals surface area contributed by atoms with E-state index in [-0.39, 0.29) is 36.9 Å². The zero-order valence-corrected chi connectivity index (χ0v) is 11.0. The summed E-state index contributed by atoms with van der Waals surface area (Å²) < 4.78 is 0.493. The molecule has 1 rings (SSSR count). The van der Waals surface area contributed by atoms with E-state index < -0.39 is 0 Å². The van der Waals surface area contributed by atoms with Gasteiger partial charge in [0.05, 0.1) is 4.43 Å². The molecule has 0 aliphatic rings. The molecule has 0 atom stereocenters. The SMILES string of the molecule is O=C(CI)Nc1ccccc1.[H-].[Na+]. The van der Waals surface area contributed by atoms with Crippen molar-refractivity contribution < 1.29 is 35.8 Å². The number of para-hydroxylation sites is 1. The van der Waals surface area contributed by atoms with Crippen molar-refractivity contribution in [3.8, 4) is 0 Å². The molecule has 0 heterocycles. The number of amides is 1. The average molecular weight is 285 g/mol. The van der Waals surface area contributed by atoms with Crippen molar-refractivity contribution in [2.45, 2.75) is 0 Å². The summed E-state index contributed by atoms with van der Waals surface area (Å²) in [6, 6.07) is 9.43. The minimum Gasteiger partial charge on any atom is -1.00 e. The second-order valence-electron chi connectivity index (χ2n) is 2.05. The summed E-state index contributed by atoms with van der Waals surface area (Å²) in [5, 5.41) is 2.75. The Balaban J connectivity index is 0. The minimum absolute atomic E-state index is 0. The van der Waals surface area contributed by atoms with E-state index in [4.69, 9.17) is 0 Å². The smallest absolute Gasteiger partial charge is 1.00 e. The fourth-order valence-electron chi connectivity index (χ4n) is 0.716. The van der Waals surface area contributed by atoms with Crippen LogP contribution in [0.4, 0.5) is 5.69 Å². The van der Waals surface area contributed by atoms with Crippen LogP contribution in [-0.4, -0.2) is 10.3 Å². The summed E-state index contributed by atoms with van der Waals surface area (Å²) in [6.07, 6.45) is 0. The Labute approximate surface area is 109 Å². The van der Waals surface area contributed by atoms with Gasteiger partial charge in [-0.05, 0) is 12.1 Å². The molecule has 60 valence electrons. The topological polar surface area (TPSA) is 29.1 Å². The molecule has 0 aliphatic carbocycles. The molecular formula is C8H9INNaO. The van der Waals surface area contributed by atoms with Gasteiger partial charge >= 0.3 is 29.6 Å².